The van der Waals surface area contributed by atoms with Gasteiger partial charge in [-0.15, -0.1) is 0 Å². The second-order valence-electron chi connectivity index (χ2n) is 5.67. The van der Waals surface area contributed by atoms with Gasteiger partial charge in [-0.3, -0.25) is 0 Å². The van der Waals surface area contributed by atoms with E-state index < -0.39 is 5.60 Å². The summed E-state index contributed by atoms with van der Waals surface area (Å²) in [5.41, 5.74) is 3.23. The topological polar surface area (TPSA) is 33.4 Å². The highest BCUT2D eigenvalue weighted by Crippen LogP contribution is 2.43. The predicted octanol–water partition coefficient (Wildman–Crippen LogP) is 3.92. The van der Waals surface area contributed by atoms with Crippen LogP contribution in [0.1, 0.15) is 28.9 Å². The zero-order valence-corrected chi connectivity index (χ0v) is 11.4. The molecular formula is C18H16O2. The van der Waals surface area contributed by atoms with Crippen LogP contribution < -0.4 is 0 Å². The maximum absolute atomic E-state index is 11.1. The summed E-state index contributed by atoms with van der Waals surface area (Å²) in [6.45, 7) is 2.05. The van der Waals surface area contributed by atoms with E-state index in [2.05, 4.69) is 25.1 Å². The first-order chi connectivity index (χ1) is 9.67. The molecule has 0 bridgehead atoms. The molecule has 0 fully saturated rings. The van der Waals surface area contributed by atoms with Crippen molar-refractivity contribution in [1.29, 1.82) is 0 Å². The molecule has 4 rings (SSSR count). The van der Waals surface area contributed by atoms with Crippen molar-refractivity contribution in [2.24, 2.45) is 0 Å². The maximum Gasteiger partial charge on any atom is 0.148 e. The summed E-state index contributed by atoms with van der Waals surface area (Å²) in [6.07, 6.45) is 1.58. The summed E-state index contributed by atoms with van der Waals surface area (Å²) in [7, 11) is 0. The van der Waals surface area contributed by atoms with Gasteiger partial charge in [0.2, 0.25) is 0 Å². The number of benzene rings is 2. The van der Waals surface area contributed by atoms with Crippen LogP contribution in [0.25, 0.3) is 11.0 Å². The van der Waals surface area contributed by atoms with Gasteiger partial charge in [-0.1, -0.05) is 42.0 Å². The third kappa shape index (κ3) is 1.55. The molecule has 20 heavy (non-hydrogen) atoms. The molecule has 1 heterocycles. The molecule has 1 N–H and O–H groups in total. The van der Waals surface area contributed by atoms with E-state index in [1.165, 1.54) is 11.1 Å². The van der Waals surface area contributed by atoms with Crippen LogP contribution in [0, 0.1) is 6.92 Å². The molecule has 2 aromatic carbocycles. The molecule has 2 heteroatoms. The summed E-state index contributed by atoms with van der Waals surface area (Å²) in [6, 6.07) is 16.1. The predicted molar refractivity (Wildman–Crippen MR) is 78.7 cm³/mol. The summed E-state index contributed by atoms with van der Waals surface area (Å²) in [4.78, 5) is 0. The fraction of sp³-hybridized carbons (Fsp3) is 0.222. The molecular weight excluding hydrogens is 248 g/mol. The molecule has 0 saturated heterocycles. The fourth-order valence-corrected chi connectivity index (χ4v) is 3.19. The summed E-state index contributed by atoms with van der Waals surface area (Å²) in [5.74, 6) is 0.656. The van der Waals surface area contributed by atoms with Gasteiger partial charge >= 0.3 is 0 Å². The van der Waals surface area contributed by atoms with Crippen LogP contribution in [0.15, 0.2) is 52.9 Å². The average molecular weight is 264 g/mol. The second-order valence-corrected chi connectivity index (χ2v) is 5.67. The van der Waals surface area contributed by atoms with E-state index in [4.69, 9.17) is 4.42 Å². The normalized spacial score (nSPS) is 21.3. The van der Waals surface area contributed by atoms with Crippen LogP contribution in [0.4, 0.5) is 0 Å². The highest BCUT2D eigenvalue weighted by atomic mass is 16.4. The lowest BCUT2D eigenvalue weighted by molar-refractivity contribution is 0.0604. The monoisotopic (exact) mass is 264 g/mol. The lowest BCUT2D eigenvalue weighted by atomic mass is 9.92. The van der Waals surface area contributed by atoms with Gasteiger partial charge in [0, 0.05) is 5.39 Å². The van der Waals surface area contributed by atoms with Gasteiger partial charge in [-0.05, 0) is 43.0 Å². The SMILES string of the molecule is Cc1ccc2c(c1)C(O)(c1cc3ccccc3o1)CC2. The molecule has 1 aromatic heterocycles. The fourth-order valence-electron chi connectivity index (χ4n) is 3.19. The highest BCUT2D eigenvalue weighted by Gasteiger charge is 2.41. The lowest BCUT2D eigenvalue weighted by Gasteiger charge is -2.21. The van der Waals surface area contributed by atoms with E-state index in [9.17, 15) is 5.11 Å². The average Bonchev–Trinajstić information content (AvgIpc) is 3.02. The number of fused-ring (bicyclic) bond motifs is 2. The van der Waals surface area contributed by atoms with E-state index in [1.807, 2.05) is 30.3 Å². The molecule has 1 atom stereocenters. The number of aliphatic hydroxyl groups is 1. The molecule has 1 aliphatic carbocycles. The van der Waals surface area contributed by atoms with E-state index in [0.29, 0.717) is 12.2 Å². The van der Waals surface area contributed by atoms with Crippen LogP contribution in [-0.2, 0) is 12.0 Å². The molecule has 0 spiro atoms. The van der Waals surface area contributed by atoms with Crippen LogP contribution >= 0.6 is 0 Å². The third-order valence-electron chi connectivity index (χ3n) is 4.30. The van der Waals surface area contributed by atoms with Crippen LogP contribution in [0.2, 0.25) is 0 Å². The van der Waals surface area contributed by atoms with E-state index in [-0.39, 0.29) is 0 Å². The van der Waals surface area contributed by atoms with Gasteiger partial charge in [-0.25, -0.2) is 0 Å². The van der Waals surface area contributed by atoms with Crippen molar-refractivity contribution in [2.75, 3.05) is 0 Å². The van der Waals surface area contributed by atoms with Crippen molar-refractivity contribution in [3.05, 3.63) is 71.0 Å². The van der Waals surface area contributed by atoms with Gasteiger partial charge in [-0.2, -0.15) is 0 Å². The number of hydrogen-bond acceptors (Lipinski definition) is 2. The second kappa shape index (κ2) is 3.97. The van der Waals surface area contributed by atoms with E-state index in [0.717, 1.165) is 23.0 Å². The van der Waals surface area contributed by atoms with Crippen molar-refractivity contribution in [3.63, 3.8) is 0 Å². The molecule has 2 nitrogen and oxygen atoms in total. The molecule has 1 aliphatic rings. The Hall–Kier alpha value is -2.06. The van der Waals surface area contributed by atoms with Gasteiger partial charge in [0.05, 0.1) is 0 Å². The van der Waals surface area contributed by atoms with Crippen LogP contribution in [0.3, 0.4) is 0 Å². The van der Waals surface area contributed by atoms with Gasteiger partial charge in [0.15, 0.2) is 0 Å². The number of hydrogen-bond donors (Lipinski definition) is 1. The Morgan fingerprint density at radius 1 is 1.10 bits per heavy atom. The number of para-hydroxylation sites is 1. The van der Waals surface area contributed by atoms with Crippen molar-refractivity contribution >= 4 is 11.0 Å². The zero-order chi connectivity index (χ0) is 13.7. The Balaban J connectivity index is 1.92. The van der Waals surface area contributed by atoms with Gasteiger partial charge < -0.3 is 9.52 Å². The van der Waals surface area contributed by atoms with Gasteiger partial charge in [0.25, 0.3) is 0 Å². The highest BCUT2D eigenvalue weighted by molar-refractivity contribution is 5.78. The van der Waals surface area contributed by atoms with Crippen molar-refractivity contribution in [1.82, 2.24) is 0 Å². The summed E-state index contributed by atoms with van der Waals surface area (Å²) < 4.78 is 5.90. The minimum atomic E-state index is -0.986. The van der Waals surface area contributed by atoms with Crippen molar-refractivity contribution < 1.29 is 9.52 Å². The summed E-state index contributed by atoms with van der Waals surface area (Å²) in [5, 5.41) is 12.2. The molecule has 1 unspecified atom stereocenters. The molecule has 0 saturated carbocycles. The third-order valence-corrected chi connectivity index (χ3v) is 4.30. The Morgan fingerprint density at radius 2 is 1.95 bits per heavy atom. The Bertz CT molecular complexity index is 767. The Kier molecular flexibility index (Phi) is 2.33. The first kappa shape index (κ1) is 11.7. The molecule has 0 amide bonds. The van der Waals surface area contributed by atoms with Gasteiger partial charge in [0.1, 0.15) is 16.9 Å². The minimum Gasteiger partial charge on any atom is -0.458 e. The maximum atomic E-state index is 11.1. The first-order valence-corrected chi connectivity index (χ1v) is 6.98. The lowest BCUT2D eigenvalue weighted by Crippen LogP contribution is -2.23. The number of aryl methyl sites for hydroxylation is 2. The van der Waals surface area contributed by atoms with E-state index in [1.54, 1.807) is 0 Å². The standard InChI is InChI=1S/C18H16O2/c1-12-6-7-13-8-9-18(19,15(13)10-12)17-11-14-4-2-3-5-16(14)20-17/h2-7,10-11,19H,8-9H2,1H3. The van der Waals surface area contributed by atoms with Crippen LogP contribution in [-0.4, -0.2) is 5.11 Å². The quantitative estimate of drug-likeness (QED) is 0.722. The Labute approximate surface area is 117 Å². The van der Waals surface area contributed by atoms with Crippen LogP contribution in [0.5, 0.6) is 0 Å². The Morgan fingerprint density at radius 3 is 2.80 bits per heavy atom. The smallest absolute Gasteiger partial charge is 0.148 e. The first-order valence-electron chi connectivity index (χ1n) is 6.98. The number of rotatable bonds is 1. The van der Waals surface area contributed by atoms with E-state index >= 15 is 0 Å². The summed E-state index contributed by atoms with van der Waals surface area (Å²) >= 11 is 0. The molecule has 0 aliphatic heterocycles. The molecule has 100 valence electrons. The largest absolute Gasteiger partial charge is 0.458 e. The number of furan rings is 1. The van der Waals surface area contributed by atoms with Crippen molar-refractivity contribution in [2.45, 2.75) is 25.4 Å². The molecule has 0 radical (unpaired) electrons. The molecule has 3 aromatic rings. The van der Waals surface area contributed by atoms with Crippen molar-refractivity contribution in [3.8, 4) is 0 Å². The zero-order valence-electron chi connectivity index (χ0n) is 11.4. The minimum absolute atomic E-state index is 0.656.